The van der Waals surface area contributed by atoms with Gasteiger partial charge in [0.05, 0.1) is 0 Å². The lowest BCUT2D eigenvalue weighted by Gasteiger charge is -1.95. The van der Waals surface area contributed by atoms with Gasteiger partial charge in [-0.15, -0.1) is 0 Å². The minimum absolute atomic E-state index is 1.07. The van der Waals surface area contributed by atoms with Crippen LogP contribution >= 0.6 is 22.6 Å². The Hall–Kier alpha value is -0.0600. The van der Waals surface area contributed by atoms with Crippen LogP contribution in [0.5, 0.6) is 0 Å². The van der Waals surface area contributed by atoms with Crippen molar-refractivity contribution < 1.29 is 0 Å². The standard InChI is InChI=1S/C6H9IN2/c1-9-5-4-8-6(9)2-3-7/h4-5H,2-3H2,1H3. The van der Waals surface area contributed by atoms with Crippen LogP contribution in [0.2, 0.25) is 0 Å². The maximum absolute atomic E-state index is 4.16. The van der Waals surface area contributed by atoms with Crippen molar-refractivity contribution in [3.63, 3.8) is 0 Å². The Balaban J connectivity index is 2.69. The van der Waals surface area contributed by atoms with Crippen molar-refractivity contribution in [1.82, 2.24) is 9.55 Å². The first-order chi connectivity index (χ1) is 4.34. The third kappa shape index (κ3) is 1.67. The number of rotatable bonds is 2. The maximum atomic E-state index is 4.16. The molecule has 3 heteroatoms. The summed E-state index contributed by atoms with van der Waals surface area (Å²) in [6.45, 7) is 0. The van der Waals surface area contributed by atoms with Crippen LogP contribution in [-0.2, 0) is 13.5 Å². The molecule has 1 aromatic heterocycles. The fraction of sp³-hybridized carbons (Fsp3) is 0.500. The average molecular weight is 236 g/mol. The molecule has 0 atom stereocenters. The molecule has 0 radical (unpaired) electrons. The molecule has 0 saturated carbocycles. The highest BCUT2D eigenvalue weighted by molar-refractivity contribution is 14.1. The van der Waals surface area contributed by atoms with Crippen molar-refractivity contribution in [2.24, 2.45) is 7.05 Å². The van der Waals surface area contributed by atoms with E-state index in [-0.39, 0.29) is 0 Å². The van der Waals surface area contributed by atoms with E-state index in [1.807, 2.05) is 19.4 Å². The Morgan fingerprint density at radius 3 is 3.00 bits per heavy atom. The molecular weight excluding hydrogens is 227 g/mol. The zero-order valence-electron chi connectivity index (χ0n) is 5.34. The molecule has 0 unspecified atom stereocenters. The second-order valence-corrected chi connectivity index (χ2v) is 2.97. The van der Waals surface area contributed by atoms with Gasteiger partial charge in [0.2, 0.25) is 0 Å². The number of hydrogen-bond donors (Lipinski definition) is 0. The van der Waals surface area contributed by atoms with Crippen LogP contribution in [0.25, 0.3) is 0 Å². The number of hydrogen-bond acceptors (Lipinski definition) is 1. The van der Waals surface area contributed by atoms with E-state index in [4.69, 9.17) is 0 Å². The van der Waals surface area contributed by atoms with Crippen LogP contribution in [0.4, 0.5) is 0 Å². The summed E-state index contributed by atoms with van der Waals surface area (Å²) in [7, 11) is 2.02. The number of halogens is 1. The Morgan fingerprint density at radius 1 is 1.78 bits per heavy atom. The SMILES string of the molecule is Cn1ccnc1CCI. The van der Waals surface area contributed by atoms with Crippen molar-refractivity contribution in [3.05, 3.63) is 18.2 Å². The monoisotopic (exact) mass is 236 g/mol. The molecule has 1 rings (SSSR count). The highest BCUT2D eigenvalue weighted by Crippen LogP contribution is 1.97. The summed E-state index contributed by atoms with van der Waals surface area (Å²) >= 11 is 2.35. The Morgan fingerprint density at radius 2 is 2.56 bits per heavy atom. The lowest BCUT2D eigenvalue weighted by molar-refractivity contribution is 0.815. The van der Waals surface area contributed by atoms with Gasteiger partial charge >= 0.3 is 0 Å². The minimum Gasteiger partial charge on any atom is -0.338 e. The molecule has 1 aromatic rings. The second kappa shape index (κ2) is 3.20. The second-order valence-electron chi connectivity index (χ2n) is 1.89. The minimum atomic E-state index is 1.07. The van der Waals surface area contributed by atoms with Gasteiger partial charge < -0.3 is 4.57 Å². The maximum Gasteiger partial charge on any atom is 0.109 e. The number of imidazole rings is 1. The van der Waals surface area contributed by atoms with Gasteiger partial charge in [-0.25, -0.2) is 4.98 Å². The number of nitrogens with zero attached hydrogens (tertiary/aromatic N) is 2. The van der Waals surface area contributed by atoms with Gasteiger partial charge in [0.15, 0.2) is 0 Å². The van der Waals surface area contributed by atoms with Gasteiger partial charge in [-0.3, -0.25) is 0 Å². The van der Waals surface area contributed by atoms with Crippen molar-refractivity contribution in [3.8, 4) is 0 Å². The first-order valence-corrected chi connectivity index (χ1v) is 4.39. The van der Waals surface area contributed by atoms with E-state index < -0.39 is 0 Å². The van der Waals surface area contributed by atoms with E-state index in [0.717, 1.165) is 10.8 Å². The molecule has 0 N–H and O–H groups in total. The quantitative estimate of drug-likeness (QED) is 0.560. The molecule has 0 aliphatic heterocycles. The van der Waals surface area contributed by atoms with Crippen LogP contribution in [0.3, 0.4) is 0 Å². The third-order valence-electron chi connectivity index (χ3n) is 1.24. The summed E-state index contributed by atoms with van der Waals surface area (Å²) in [5, 5.41) is 0. The molecule has 9 heavy (non-hydrogen) atoms. The molecule has 0 aliphatic carbocycles. The van der Waals surface area contributed by atoms with Crippen molar-refractivity contribution in [2.45, 2.75) is 6.42 Å². The van der Waals surface area contributed by atoms with Crippen molar-refractivity contribution in [2.75, 3.05) is 4.43 Å². The van der Waals surface area contributed by atoms with Crippen LogP contribution in [0.15, 0.2) is 12.4 Å². The van der Waals surface area contributed by atoms with Crippen molar-refractivity contribution in [1.29, 1.82) is 0 Å². The first kappa shape index (κ1) is 7.05. The molecule has 50 valence electrons. The predicted octanol–water partition coefficient (Wildman–Crippen LogP) is 1.40. The Bertz CT molecular complexity index is 183. The Kier molecular flexibility index (Phi) is 2.50. The fourth-order valence-corrected chi connectivity index (χ4v) is 1.20. The first-order valence-electron chi connectivity index (χ1n) is 2.86. The highest BCUT2D eigenvalue weighted by Gasteiger charge is 1.94. The molecule has 2 nitrogen and oxygen atoms in total. The van der Waals surface area contributed by atoms with Gasteiger partial charge in [-0.1, -0.05) is 22.6 Å². The summed E-state index contributed by atoms with van der Waals surface area (Å²) in [4.78, 5) is 4.16. The molecule has 0 bridgehead atoms. The summed E-state index contributed by atoms with van der Waals surface area (Å²) in [5.41, 5.74) is 0. The highest BCUT2D eigenvalue weighted by atomic mass is 127. The van der Waals surface area contributed by atoms with Crippen LogP contribution in [-0.4, -0.2) is 14.0 Å². The molecule has 0 spiro atoms. The van der Waals surface area contributed by atoms with Crippen LogP contribution < -0.4 is 0 Å². The van der Waals surface area contributed by atoms with Crippen LogP contribution in [0, 0.1) is 0 Å². The average Bonchev–Trinajstić information content (AvgIpc) is 2.18. The third-order valence-corrected chi connectivity index (χ3v) is 1.78. The lowest BCUT2D eigenvalue weighted by atomic mass is 10.5. The van der Waals surface area contributed by atoms with Gasteiger partial charge in [0.25, 0.3) is 0 Å². The Labute approximate surface area is 68.4 Å². The topological polar surface area (TPSA) is 17.8 Å². The number of aromatic nitrogens is 2. The normalized spacial score (nSPS) is 10.0. The molecule has 0 saturated heterocycles. The van der Waals surface area contributed by atoms with Gasteiger partial charge in [-0.2, -0.15) is 0 Å². The van der Waals surface area contributed by atoms with Gasteiger partial charge in [0.1, 0.15) is 5.82 Å². The molecule has 0 aliphatic rings. The van der Waals surface area contributed by atoms with E-state index in [9.17, 15) is 0 Å². The molecular formula is C6H9IN2. The molecule has 0 amide bonds. The van der Waals surface area contributed by atoms with E-state index in [2.05, 4.69) is 32.1 Å². The van der Waals surface area contributed by atoms with E-state index >= 15 is 0 Å². The summed E-state index contributed by atoms with van der Waals surface area (Å²) < 4.78 is 3.20. The number of aryl methyl sites for hydroxylation is 2. The van der Waals surface area contributed by atoms with E-state index in [1.54, 1.807) is 0 Å². The molecule has 0 fully saturated rings. The molecule has 0 aromatic carbocycles. The largest absolute Gasteiger partial charge is 0.338 e. The molecule has 1 heterocycles. The summed E-state index contributed by atoms with van der Waals surface area (Å²) in [6, 6.07) is 0. The lowest BCUT2D eigenvalue weighted by Crippen LogP contribution is -1.96. The fourth-order valence-electron chi connectivity index (χ4n) is 0.722. The summed E-state index contributed by atoms with van der Waals surface area (Å²) in [5.74, 6) is 1.17. The van der Waals surface area contributed by atoms with Gasteiger partial charge in [0, 0.05) is 30.3 Å². The van der Waals surface area contributed by atoms with E-state index in [0.29, 0.717) is 0 Å². The van der Waals surface area contributed by atoms with E-state index in [1.165, 1.54) is 5.82 Å². The predicted molar refractivity (Wildman–Crippen MR) is 45.8 cm³/mol. The zero-order chi connectivity index (χ0) is 6.69. The smallest absolute Gasteiger partial charge is 0.109 e. The van der Waals surface area contributed by atoms with Gasteiger partial charge in [-0.05, 0) is 0 Å². The summed E-state index contributed by atoms with van der Waals surface area (Å²) in [6.07, 6.45) is 4.88. The number of alkyl halides is 1. The van der Waals surface area contributed by atoms with Crippen molar-refractivity contribution >= 4 is 22.6 Å². The van der Waals surface area contributed by atoms with Crippen LogP contribution in [0.1, 0.15) is 5.82 Å². The zero-order valence-corrected chi connectivity index (χ0v) is 7.50.